The van der Waals surface area contributed by atoms with Crippen molar-refractivity contribution in [2.24, 2.45) is 5.41 Å². The summed E-state index contributed by atoms with van der Waals surface area (Å²) in [5.74, 6) is 0. The van der Waals surface area contributed by atoms with Crippen LogP contribution < -0.4 is 5.32 Å². The maximum atomic E-state index is 3.64. The highest BCUT2D eigenvalue weighted by Crippen LogP contribution is 2.29. The third-order valence-corrected chi connectivity index (χ3v) is 4.14. The van der Waals surface area contributed by atoms with E-state index in [9.17, 15) is 0 Å². The van der Waals surface area contributed by atoms with Gasteiger partial charge in [-0.25, -0.2) is 0 Å². The van der Waals surface area contributed by atoms with Gasteiger partial charge in [-0.05, 0) is 29.9 Å². The number of benzene rings is 1. The van der Waals surface area contributed by atoms with Gasteiger partial charge in [0.1, 0.15) is 0 Å². The van der Waals surface area contributed by atoms with Crippen molar-refractivity contribution in [2.75, 3.05) is 6.54 Å². The van der Waals surface area contributed by atoms with E-state index in [1.54, 1.807) is 0 Å². The quantitative estimate of drug-likeness (QED) is 0.820. The van der Waals surface area contributed by atoms with Gasteiger partial charge >= 0.3 is 0 Å². The molecule has 0 aliphatic rings. The van der Waals surface area contributed by atoms with E-state index >= 15 is 0 Å². The number of hydrogen-bond acceptors (Lipinski definition) is 1. The van der Waals surface area contributed by atoms with Gasteiger partial charge in [0.15, 0.2) is 0 Å². The second-order valence-corrected chi connectivity index (χ2v) is 6.32. The Hall–Kier alpha value is -0.340. The maximum absolute atomic E-state index is 3.64. The fourth-order valence-electron chi connectivity index (χ4n) is 1.86. The van der Waals surface area contributed by atoms with Crippen LogP contribution in [0, 0.1) is 5.41 Å². The highest BCUT2D eigenvalue weighted by molar-refractivity contribution is 9.10. The highest BCUT2D eigenvalue weighted by atomic mass is 79.9. The van der Waals surface area contributed by atoms with Crippen molar-refractivity contribution in [1.29, 1.82) is 0 Å². The third kappa shape index (κ3) is 4.81. The zero-order chi connectivity index (χ0) is 12.9. The van der Waals surface area contributed by atoms with Gasteiger partial charge in [0, 0.05) is 17.1 Å². The first-order chi connectivity index (χ1) is 7.97. The van der Waals surface area contributed by atoms with E-state index in [4.69, 9.17) is 0 Å². The van der Waals surface area contributed by atoms with Crippen molar-refractivity contribution in [2.45, 2.75) is 46.6 Å². The average molecular weight is 298 g/mol. The zero-order valence-electron chi connectivity index (χ0n) is 11.4. The minimum atomic E-state index is 0.328. The molecular formula is C15H24BrN. The molecule has 2 heteroatoms. The zero-order valence-corrected chi connectivity index (χ0v) is 13.0. The Bertz CT molecular complexity index is 349. The molecule has 0 aliphatic heterocycles. The third-order valence-electron chi connectivity index (χ3n) is 3.37. The molecule has 0 radical (unpaired) electrons. The Morgan fingerprint density at radius 1 is 1.29 bits per heavy atom. The van der Waals surface area contributed by atoms with Gasteiger partial charge in [0.2, 0.25) is 0 Å². The fraction of sp³-hybridized carbons (Fsp3) is 0.600. The molecular weight excluding hydrogens is 274 g/mol. The lowest BCUT2D eigenvalue weighted by Gasteiger charge is -2.30. The first kappa shape index (κ1) is 14.7. The molecule has 0 bridgehead atoms. The summed E-state index contributed by atoms with van der Waals surface area (Å²) in [6.07, 6.45) is 2.30. The summed E-state index contributed by atoms with van der Waals surface area (Å²) < 4.78 is 1.23. The van der Waals surface area contributed by atoms with Crippen LogP contribution in [0.4, 0.5) is 0 Å². The molecule has 96 valence electrons. The maximum Gasteiger partial charge on any atom is 0.0207 e. The van der Waals surface area contributed by atoms with E-state index in [1.165, 1.54) is 16.5 Å². The first-order valence-corrected chi connectivity index (χ1v) is 7.23. The van der Waals surface area contributed by atoms with E-state index in [1.807, 2.05) is 0 Å². The summed E-state index contributed by atoms with van der Waals surface area (Å²) in [5.41, 5.74) is 1.73. The van der Waals surface area contributed by atoms with Crippen LogP contribution in [-0.4, -0.2) is 12.6 Å². The van der Waals surface area contributed by atoms with Crippen LogP contribution in [0.25, 0.3) is 0 Å². The molecule has 0 aliphatic carbocycles. The molecule has 1 rings (SSSR count). The molecule has 0 saturated heterocycles. The van der Waals surface area contributed by atoms with E-state index in [0.29, 0.717) is 11.5 Å². The van der Waals surface area contributed by atoms with Gasteiger partial charge in [-0.2, -0.15) is 0 Å². The Balaban J connectivity index is 2.71. The van der Waals surface area contributed by atoms with Crippen LogP contribution in [0.1, 0.15) is 39.7 Å². The molecule has 1 unspecified atom stereocenters. The molecule has 0 fully saturated rings. The SMILES string of the molecule is CCC(C)(CNC(C)C)Cc1ccccc1Br. The largest absolute Gasteiger partial charge is 0.314 e. The molecule has 1 aromatic carbocycles. The van der Waals surface area contributed by atoms with Crippen LogP contribution in [0.3, 0.4) is 0 Å². The first-order valence-electron chi connectivity index (χ1n) is 6.43. The molecule has 0 aromatic heterocycles. The summed E-state index contributed by atoms with van der Waals surface area (Å²) in [6.45, 7) is 10.1. The Morgan fingerprint density at radius 2 is 1.94 bits per heavy atom. The number of halogens is 1. The van der Waals surface area contributed by atoms with Crippen molar-refractivity contribution < 1.29 is 0 Å². The van der Waals surface area contributed by atoms with Crippen LogP contribution in [-0.2, 0) is 6.42 Å². The molecule has 1 atom stereocenters. The van der Waals surface area contributed by atoms with Gasteiger partial charge in [-0.3, -0.25) is 0 Å². The topological polar surface area (TPSA) is 12.0 Å². The highest BCUT2D eigenvalue weighted by Gasteiger charge is 2.23. The second-order valence-electron chi connectivity index (χ2n) is 5.47. The van der Waals surface area contributed by atoms with Crippen LogP contribution in [0.5, 0.6) is 0 Å². The van der Waals surface area contributed by atoms with E-state index in [-0.39, 0.29) is 0 Å². The van der Waals surface area contributed by atoms with Crippen molar-refractivity contribution in [3.05, 3.63) is 34.3 Å². The predicted octanol–water partition coefficient (Wildman–Crippen LogP) is 4.41. The second kappa shape index (κ2) is 6.55. The molecule has 1 N–H and O–H groups in total. The van der Waals surface area contributed by atoms with Crippen molar-refractivity contribution >= 4 is 15.9 Å². The summed E-state index contributed by atoms with van der Waals surface area (Å²) in [5, 5.41) is 3.56. The van der Waals surface area contributed by atoms with Gasteiger partial charge < -0.3 is 5.32 Å². The molecule has 0 spiro atoms. The standard InChI is InChI=1S/C15H24BrN/c1-5-15(4,11-17-12(2)3)10-13-8-6-7-9-14(13)16/h6-9,12,17H,5,10-11H2,1-4H3. The minimum absolute atomic E-state index is 0.328. The Labute approximate surface area is 114 Å². The van der Waals surface area contributed by atoms with Gasteiger partial charge in [0.25, 0.3) is 0 Å². The Kier molecular flexibility index (Phi) is 5.68. The molecule has 0 heterocycles. The van der Waals surface area contributed by atoms with Crippen molar-refractivity contribution in [1.82, 2.24) is 5.32 Å². The van der Waals surface area contributed by atoms with Crippen LogP contribution in [0.15, 0.2) is 28.7 Å². The lowest BCUT2D eigenvalue weighted by molar-refractivity contribution is 0.281. The summed E-state index contributed by atoms with van der Waals surface area (Å²) >= 11 is 3.64. The van der Waals surface area contributed by atoms with E-state index in [2.05, 4.69) is 73.2 Å². The van der Waals surface area contributed by atoms with Crippen molar-refractivity contribution in [3.8, 4) is 0 Å². The lowest BCUT2D eigenvalue weighted by Crippen LogP contribution is -2.36. The fourth-order valence-corrected chi connectivity index (χ4v) is 2.29. The number of nitrogens with one attached hydrogen (secondary N) is 1. The summed E-state index contributed by atoms with van der Waals surface area (Å²) in [6, 6.07) is 9.09. The van der Waals surface area contributed by atoms with Gasteiger partial charge in [-0.1, -0.05) is 61.8 Å². The number of rotatable bonds is 6. The predicted molar refractivity (Wildman–Crippen MR) is 79.4 cm³/mol. The molecule has 0 saturated carbocycles. The summed E-state index contributed by atoms with van der Waals surface area (Å²) in [7, 11) is 0. The number of hydrogen-bond donors (Lipinski definition) is 1. The monoisotopic (exact) mass is 297 g/mol. The minimum Gasteiger partial charge on any atom is -0.314 e. The van der Waals surface area contributed by atoms with Gasteiger partial charge in [-0.15, -0.1) is 0 Å². The van der Waals surface area contributed by atoms with E-state index < -0.39 is 0 Å². The molecule has 0 amide bonds. The van der Waals surface area contributed by atoms with E-state index in [0.717, 1.165) is 13.0 Å². The van der Waals surface area contributed by atoms with Gasteiger partial charge in [0.05, 0.1) is 0 Å². The van der Waals surface area contributed by atoms with Crippen LogP contribution in [0.2, 0.25) is 0 Å². The average Bonchev–Trinajstić information content (AvgIpc) is 2.30. The molecule has 17 heavy (non-hydrogen) atoms. The lowest BCUT2D eigenvalue weighted by atomic mass is 9.81. The smallest absolute Gasteiger partial charge is 0.0207 e. The van der Waals surface area contributed by atoms with Crippen molar-refractivity contribution in [3.63, 3.8) is 0 Å². The molecule has 1 nitrogen and oxygen atoms in total. The summed E-state index contributed by atoms with van der Waals surface area (Å²) in [4.78, 5) is 0. The normalized spacial score (nSPS) is 14.9. The molecule has 1 aromatic rings. The Morgan fingerprint density at radius 3 is 2.47 bits per heavy atom. The van der Waals surface area contributed by atoms with Crippen LogP contribution >= 0.6 is 15.9 Å².